The van der Waals surface area contributed by atoms with Crippen molar-refractivity contribution in [3.63, 3.8) is 0 Å². The number of rotatable bonds is 2. The molecule has 1 aromatic carbocycles. The summed E-state index contributed by atoms with van der Waals surface area (Å²) >= 11 is 5.91. The Balaban J connectivity index is 1.34. The normalized spacial score (nSPS) is 19.4. The van der Waals surface area contributed by atoms with Crippen LogP contribution in [0.1, 0.15) is 24.0 Å². The van der Waals surface area contributed by atoms with Crippen molar-refractivity contribution in [2.75, 3.05) is 31.9 Å². The van der Waals surface area contributed by atoms with Crippen LogP contribution in [-0.4, -0.2) is 51.8 Å². The van der Waals surface area contributed by atoms with Crippen molar-refractivity contribution >= 4 is 23.3 Å². The van der Waals surface area contributed by atoms with Crippen LogP contribution in [0.2, 0.25) is 5.02 Å². The van der Waals surface area contributed by atoms with Gasteiger partial charge >= 0.3 is 12.2 Å². The molecule has 2 N–H and O–H groups in total. The zero-order valence-corrected chi connectivity index (χ0v) is 16.4. The second kappa shape index (κ2) is 7.21. The number of aromatic nitrogens is 2. The van der Waals surface area contributed by atoms with Crippen LogP contribution >= 0.6 is 11.6 Å². The summed E-state index contributed by atoms with van der Waals surface area (Å²) in [4.78, 5) is 16.2. The fourth-order valence-corrected chi connectivity index (χ4v) is 4.49. The molecule has 0 unspecified atom stereocenters. The molecule has 0 saturated carbocycles. The minimum absolute atomic E-state index is 0.0525. The monoisotopic (exact) mass is 427 g/mol. The number of halogens is 4. The summed E-state index contributed by atoms with van der Waals surface area (Å²) in [7, 11) is 0. The number of anilines is 1. The second-order valence-electron chi connectivity index (χ2n) is 7.93. The molecular weight excluding hydrogens is 407 g/mol. The molecule has 0 bridgehead atoms. The summed E-state index contributed by atoms with van der Waals surface area (Å²) < 4.78 is 41.0. The maximum atomic E-state index is 13.2. The van der Waals surface area contributed by atoms with Gasteiger partial charge in [0, 0.05) is 37.7 Å². The minimum atomic E-state index is -4.40. The lowest BCUT2D eigenvalue weighted by molar-refractivity contribution is -0.139. The molecule has 6 nitrogen and oxygen atoms in total. The second-order valence-corrected chi connectivity index (χ2v) is 8.37. The van der Waals surface area contributed by atoms with Crippen LogP contribution in [0.25, 0.3) is 0 Å². The van der Waals surface area contributed by atoms with E-state index in [1.165, 1.54) is 29.2 Å². The molecule has 1 amide bonds. The van der Waals surface area contributed by atoms with Crippen LogP contribution in [0.4, 0.5) is 23.7 Å². The van der Waals surface area contributed by atoms with Gasteiger partial charge in [-0.3, -0.25) is 4.90 Å². The summed E-state index contributed by atoms with van der Waals surface area (Å²) in [5, 5.41) is 4.25. The highest BCUT2D eigenvalue weighted by molar-refractivity contribution is 6.30. The van der Waals surface area contributed by atoms with Gasteiger partial charge in [0.2, 0.25) is 0 Å². The number of likely N-dealkylation sites (tertiary alicyclic amines) is 2. The fraction of sp³-hybridized carbons (Fsp3) is 0.474. The quantitative estimate of drug-likeness (QED) is 0.793. The van der Waals surface area contributed by atoms with Gasteiger partial charge in [-0.05, 0) is 42.0 Å². The van der Waals surface area contributed by atoms with E-state index in [0.717, 1.165) is 18.9 Å². The van der Waals surface area contributed by atoms with E-state index in [1.54, 1.807) is 4.90 Å². The van der Waals surface area contributed by atoms with E-state index < -0.39 is 11.7 Å². The Hall–Kier alpha value is -2.26. The molecule has 29 heavy (non-hydrogen) atoms. The third-order valence-corrected chi connectivity index (χ3v) is 6.01. The Morgan fingerprint density at radius 1 is 1.24 bits per heavy atom. The Morgan fingerprint density at radius 2 is 1.93 bits per heavy atom. The Labute approximate surface area is 171 Å². The van der Waals surface area contributed by atoms with Crippen molar-refractivity contribution in [1.82, 2.24) is 19.6 Å². The van der Waals surface area contributed by atoms with Gasteiger partial charge in [0.05, 0.1) is 23.6 Å². The van der Waals surface area contributed by atoms with Crippen molar-refractivity contribution in [3.8, 4) is 0 Å². The van der Waals surface area contributed by atoms with Crippen molar-refractivity contribution in [3.05, 3.63) is 46.7 Å². The average molecular weight is 428 g/mol. The van der Waals surface area contributed by atoms with Crippen LogP contribution in [0.5, 0.6) is 0 Å². The lowest BCUT2D eigenvalue weighted by Gasteiger charge is -2.54. The number of nitrogens with two attached hydrogens (primary N) is 1. The summed E-state index contributed by atoms with van der Waals surface area (Å²) in [5.41, 5.74) is 5.65. The zero-order valence-electron chi connectivity index (χ0n) is 15.6. The van der Waals surface area contributed by atoms with Gasteiger partial charge in [-0.2, -0.15) is 23.0 Å². The molecule has 2 saturated heterocycles. The number of nitrogens with zero attached hydrogens (tertiary/aromatic N) is 4. The largest absolute Gasteiger partial charge is 0.416 e. The van der Waals surface area contributed by atoms with E-state index >= 15 is 0 Å². The number of nitrogen functional groups attached to an aromatic ring is 1. The van der Waals surface area contributed by atoms with Crippen molar-refractivity contribution < 1.29 is 18.0 Å². The first-order valence-corrected chi connectivity index (χ1v) is 9.70. The summed E-state index contributed by atoms with van der Waals surface area (Å²) in [6, 6.07) is 3.50. The van der Waals surface area contributed by atoms with E-state index in [-0.39, 0.29) is 23.6 Å². The van der Waals surface area contributed by atoms with E-state index in [4.69, 9.17) is 17.3 Å². The first kappa shape index (κ1) is 20.0. The molecule has 0 atom stereocenters. The topological polar surface area (TPSA) is 67.4 Å². The predicted molar refractivity (Wildman–Crippen MR) is 102 cm³/mol. The molecule has 2 aliphatic rings. The van der Waals surface area contributed by atoms with Gasteiger partial charge in [-0.25, -0.2) is 4.79 Å². The predicted octanol–water partition coefficient (Wildman–Crippen LogP) is 3.70. The Morgan fingerprint density at radius 3 is 2.52 bits per heavy atom. The van der Waals surface area contributed by atoms with Crippen LogP contribution < -0.4 is 5.73 Å². The van der Waals surface area contributed by atoms with Gasteiger partial charge in [-0.15, -0.1) is 0 Å². The standard InChI is InChI=1S/C19H21ClF3N5O/c20-14-1-2-16(19(21,22)23)13(7-14)9-26-11-18(12-26)3-5-27(6-4-18)17(29)28-10-15(24)8-25-28/h1-2,7-8,10H,3-6,9,11-12,24H2. The smallest absolute Gasteiger partial charge is 0.396 e. The number of amides is 1. The average Bonchev–Trinajstić information content (AvgIpc) is 3.06. The molecule has 10 heteroatoms. The minimum Gasteiger partial charge on any atom is -0.396 e. The molecule has 0 radical (unpaired) electrons. The molecule has 4 rings (SSSR count). The van der Waals surface area contributed by atoms with Crippen LogP contribution in [0.15, 0.2) is 30.6 Å². The third-order valence-electron chi connectivity index (χ3n) is 5.78. The molecule has 1 aromatic heterocycles. The summed E-state index contributed by atoms with van der Waals surface area (Å²) in [6.45, 7) is 2.84. The highest BCUT2D eigenvalue weighted by atomic mass is 35.5. The number of benzene rings is 1. The van der Waals surface area contributed by atoms with E-state index in [9.17, 15) is 18.0 Å². The lowest BCUT2D eigenvalue weighted by atomic mass is 9.72. The molecule has 2 aromatic rings. The van der Waals surface area contributed by atoms with E-state index in [1.807, 2.05) is 4.90 Å². The zero-order chi connectivity index (χ0) is 20.8. The van der Waals surface area contributed by atoms with E-state index in [2.05, 4.69) is 5.10 Å². The highest BCUT2D eigenvalue weighted by Gasteiger charge is 2.46. The van der Waals surface area contributed by atoms with Gasteiger partial charge in [0.25, 0.3) is 0 Å². The SMILES string of the molecule is Nc1cnn(C(=O)N2CCC3(CC2)CN(Cc2cc(Cl)ccc2C(F)(F)F)C3)c1. The number of carbonyl (C=O) groups excluding carboxylic acids is 1. The van der Waals surface area contributed by atoms with Crippen LogP contribution in [-0.2, 0) is 12.7 Å². The molecular formula is C19H21ClF3N5O. The first-order valence-electron chi connectivity index (χ1n) is 9.33. The van der Waals surface area contributed by atoms with Gasteiger partial charge in [-0.1, -0.05) is 11.6 Å². The van der Waals surface area contributed by atoms with Gasteiger partial charge in [0.1, 0.15) is 0 Å². The number of hydrogen-bond donors (Lipinski definition) is 1. The number of carbonyl (C=O) groups is 1. The number of piperidine rings is 1. The third kappa shape index (κ3) is 4.06. The maximum Gasteiger partial charge on any atom is 0.416 e. The molecule has 156 valence electrons. The summed E-state index contributed by atoms with van der Waals surface area (Å²) in [5.74, 6) is 0. The molecule has 1 spiro atoms. The van der Waals surface area contributed by atoms with Crippen LogP contribution in [0.3, 0.4) is 0 Å². The maximum absolute atomic E-state index is 13.2. The molecule has 0 aliphatic carbocycles. The van der Waals surface area contributed by atoms with Gasteiger partial charge < -0.3 is 10.6 Å². The van der Waals surface area contributed by atoms with Gasteiger partial charge in [0.15, 0.2) is 0 Å². The Kier molecular flexibility index (Phi) is 4.98. The summed E-state index contributed by atoms with van der Waals surface area (Å²) in [6.07, 6.45) is 0.143. The fourth-order valence-electron chi connectivity index (χ4n) is 4.30. The Bertz CT molecular complexity index is 913. The lowest BCUT2D eigenvalue weighted by Crippen LogP contribution is -2.60. The first-order chi connectivity index (χ1) is 13.7. The number of alkyl halides is 3. The van der Waals surface area contributed by atoms with Crippen molar-refractivity contribution in [2.45, 2.75) is 25.6 Å². The molecule has 2 fully saturated rings. The molecule has 2 aliphatic heterocycles. The van der Waals surface area contributed by atoms with Crippen molar-refractivity contribution in [2.24, 2.45) is 5.41 Å². The van der Waals surface area contributed by atoms with Crippen LogP contribution in [0, 0.1) is 5.41 Å². The van der Waals surface area contributed by atoms with Crippen molar-refractivity contribution in [1.29, 1.82) is 0 Å². The number of hydrogen-bond acceptors (Lipinski definition) is 4. The molecule has 3 heterocycles. The highest BCUT2D eigenvalue weighted by Crippen LogP contribution is 2.42. The van der Waals surface area contributed by atoms with E-state index in [0.29, 0.717) is 36.9 Å².